The second-order valence-electron chi connectivity index (χ2n) is 9.01. The average molecular weight is 533 g/mol. The first-order chi connectivity index (χ1) is 17.5. The van der Waals surface area contributed by atoms with E-state index in [1.54, 1.807) is 20.0 Å². The maximum atomic E-state index is 15.0. The van der Waals surface area contributed by atoms with Gasteiger partial charge in [0.05, 0.1) is 11.8 Å². The van der Waals surface area contributed by atoms with E-state index in [2.05, 4.69) is 9.97 Å². The molecular weight excluding hydrogens is 512 g/mol. The topological polar surface area (TPSA) is 69.4 Å². The predicted octanol–water partition coefficient (Wildman–Crippen LogP) is 6.21. The summed E-state index contributed by atoms with van der Waals surface area (Å²) in [6, 6.07) is 6.64. The lowest BCUT2D eigenvalue weighted by Gasteiger charge is -2.30. The van der Waals surface area contributed by atoms with Crippen molar-refractivity contribution in [2.45, 2.75) is 44.9 Å². The molecule has 1 saturated heterocycles. The highest BCUT2D eigenvalue weighted by atomic mass is 35.5. The number of alkyl halides is 3. The molecule has 5 rings (SSSR count). The molecule has 0 unspecified atom stereocenters. The Labute approximate surface area is 213 Å². The van der Waals surface area contributed by atoms with Crippen LogP contribution in [0.2, 0.25) is 5.02 Å². The summed E-state index contributed by atoms with van der Waals surface area (Å²) < 4.78 is 61.7. The molecule has 0 N–H and O–H groups in total. The minimum atomic E-state index is -4.58. The van der Waals surface area contributed by atoms with Crippen LogP contribution in [0.4, 0.5) is 17.6 Å². The maximum Gasteiger partial charge on any atom is 0.433 e. The molecule has 6 nitrogen and oxygen atoms in total. The zero-order chi connectivity index (χ0) is 26.5. The standard InChI is InChI=1S/C26H21ClF4N4O2/c1-13-14(2)33-24-23(18-4-3-17(27)11-19(18)28)34-20(12-35(24)25(13)36)15-6-8-37-21(9-15)16-5-7-32-22(10-16)26(29,30)31/h3-5,7,10-12,15,21H,6,8-9H2,1-2H3/t15-,21+/m1/s1. The van der Waals surface area contributed by atoms with Gasteiger partial charge in [-0.1, -0.05) is 11.6 Å². The molecule has 2 atom stereocenters. The molecule has 37 heavy (non-hydrogen) atoms. The molecule has 0 aliphatic carbocycles. The Kier molecular flexibility index (Phi) is 6.49. The molecule has 1 aliphatic heterocycles. The highest BCUT2D eigenvalue weighted by molar-refractivity contribution is 6.30. The van der Waals surface area contributed by atoms with Gasteiger partial charge in [0.25, 0.3) is 5.56 Å². The lowest BCUT2D eigenvalue weighted by Crippen LogP contribution is -2.24. The number of rotatable bonds is 3. The van der Waals surface area contributed by atoms with Crippen molar-refractivity contribution in [2.75, 3.05) is 6.61 Å². The van der Waals surface area contributed by atoms with E-state index in [4.69, 9.17) is 21.3 Å². The van der Waals surface area contributed by atoms with Crippen LogP contribution < -0.4 is 5.56 Å². The lowest BCUT2D eigenvalue weighted by atomic mass is 9.89. The van der Waals surface area contributed by atoms with Gasteiger partial charge < -0.3 is 4.74 Å². The van der Waals surface area contributed by atoms with Crippen LogP contribution in [0.3, 0.4) is 0 Å². The summed E-state index contributed by atoms with van der Waals surface area (Å²) in [7, 11) is 0. The molecule has 3 aromatic heterocycles. The minimum absolute atomic E-state index is 0.131. The largest absolute Gasteiger partial charge is 0.433 e. The molecule has 1 aliphatic rings. The van der Waals surface area contributed by atoms with E-state index in [1.165, 1.54) is 22.6 Å². The first-order valence-electron chi connectivity index (χ1n) is 11.5. The van der Waals surface area contributed by atoms with Crippen molar-refractivity contribution in [1.29, 1.82) is 0 Å². The van der Waals surface area contributed by atoms with Crippen LogP contribution in [0.25, 0.3) is 16.9 Å². The van der Waals surface area contributed by atoms with Crippen molar-refractivity contribution < 1.29 is 22.3 Å². The normalized spacial score (nSPS) is 18.4. The van der Waals surface area contributed by atoms with Gasteiger partial charge >= 0.3 is 6.18 Å². The van der Waals surface area contributed by atoms with Gasteiger partial charge in [-0.05, 0) is 62.6 Å². The quantitative estimate of drug-likeness (QED) is 0.293. The van der Waals surface area contributed by atoms with E-state index in [0.29, 0.717) is 35.4 Å². The third-order valence-corrected chi connectivity index (χ3v) is 6.87. The number of halogens is 5. The van der Waals surface area contributed by atoms with Gasteiger partial charge in [-0.25, -0.2) is 14.4 Å². The van der Waals surface area contributed by atoms with E-state index < -0.39 is 23.8 Å². The van der Waals surface area contributed by atoms with E-state index in [1.807, 2.05) is 0 Å². The molecule has 0 bridgehead atoms. The Balaban J connectivity index is 1.62. The number of fused-ring (bicyclic) bond motifs is 1. The van der Waals surface area contributed by atoms with Gasteiger partial charge in [0.1, 0.15) is 17.2 Å². The van der Waals surface area contributed by atoms with Crippen LogP contribution in [0.1, 0.15) is 53.1 Å². The number of ether oxygens (including phenoxy) is 1. The Morgan fingerprint density at radius 3 is 2.65 bits per heavy atom. The van der Waals surface area contributed by atoms with Gasteiger partial charge in [-0.3, -0.25) is 14.2 Å². The average Bonchev–Trinajstić information content (AvgIpc) is 2.87. The van der Waals surface area contributed by atoms with Crippen molar-refractivity contribution >= 4 is 17.2 Å². The van der Waals surface area contributed by atoms with Crippen molar-refractivity contribution in [3.8, 4) is 11.3 Å². The summed E-state index contributed by atoms with van der Waals surface area (Å²) in [5.74, 6) is -0.888. The number of pyridine rings is 1. The van der Waals surface area contributed by atoms with E-state index in [0.717, 1.165) is 18.3 Å². The summed E-state index contributed by atoms with van der Waals surface area (Å²) in [5, 5.41) is 0.210. The van der Waals surface area contributed by atoms with Crippen LogP contribution in [0, 0.1) is 19.7 Å². The van der Waals surface area contributed by atoms with E-state index in [9.17, 15) is 22.4 Å². The van der Waals surface area contributed by atoms with E-state index >= 15 is 0 Å². The summed E-state index contributed by atoms with van der Waals surface area (Å²) in [6.07, 6.45) is -1.69. The molecular formula is C26H21ClF4N4O2. The number of benzene rings is 1. The van der Waals surface area contributed by atoms with Crippen molar-refractivity contribution in [1.82, 2.24) is 19.4 Å². The molecule has 0 saturated carbocycles. The molecule has 1 aromatic carbocycles. The number of aromatic nitrogens is 4. The monoisotopic (exact) mass is 532 g/mol. The summed E-state index contributed by atoms with van der Waals surface area (Å²) in [5.41, 5.74) is 0.982. The fourth-order valence-electron chi connectivity index (χ4n) is 4.51. The van der Waals surface area contributed by atoms with Gasteiger partial charge in [0, 0.05) is 46.8 Å². The lowest BCUT2D eigenvalue weighted by molar-refractivity contribution is -0.141. The molecule has 4 aromatic rings. The molecule has 11 heteroatoms. The third kappa shape index (κ3) is 4.83. The van der Waals surface area contributed by atoms with Gasteiger partial charge in [0.2, 0.25) is 0 Å². The zero-order valence-electron chi connectivity index (χ0n) is 19.8. The fraction of sp³-hybridized carbons (Fsp3) is 0.308. The molecule has 4 heterocycles. The van der Waals surface area contributed by atoms with Crippen LogP contribution >= 0.6 is 11.6 Å². The predicted molar refractivity (Wildman–Crippen MR) is 129 cm³/mol. The molecule has 0 spiro atoms. The van der Waals surface area contributed by atoms with Crippen LogP contribution in [0.5, 0.6) is 0 Å². The third-order valence-electron chi connectivity index (χ3n) is 6.63. The molecule has 0 amide bonds. The van der Waals surface area contributed by atoms with Crippen molar-refractivity contribution in [3.05, 3.63) is 92.1 Å². The minimum Gasteiger partial charge on any atom is -0.373 e. The summed E-state index contributed by atoms with van der Waals surface area (Å²) >= 11 is 5.94. The highest BCUT2D eigenvalue weighted by Gasteiger charge is 2.34. The van der Waals surface area contributed by atoms with Gasteiger partial charge in [-0.2, -0.15) is 13.2 Å². The highest BCUT2D eigenvalue weighted by Crippen LogP contribution is 2.39. The number of hydrogen-bond acceptors (Lipinski definition) is 5. The van der Waals surface area contributed by atoms with Crippen molar-refractivity contribution in [3.63, 3.8) is 0 Å². The second kappa shape index (κ2) is 9.50. The van der Waals surface area contributed by atoms with Crippen LogP contribution in [-0.4, -0.2) is 26.0 Å². The summed E-state index contributed by atoms with van der Waals surface area (Å²) in [4.78, 5) is 25.8. The second-order valence-corrected chi connectivity index (χ2v) is 9.45. The SMILES string of the molecule is Cc1nc2c(-c3ccc(Cl)cc3F)nc([C@@H]3CCO[C@H](c4ccnc(C(F)(F)F)c4)C3)cn2c(=O)c1C. The van der Waals surface area contributed by atoms with Gasteiger partial charge in [-0.15, -0.1) is 0 Å². The van der Waals surface area contributed by atoms with E-state index in [-0.39, 0.29) is 40.0 Å². The number of nitrogens with zero attached hydrogens (tertiary/aromatic N) is 4. The smallest absolute Gasteiger partial charge is 0.373 e. The molecule has 1 fully saturated rings. The van der Waals surface area contributed by atoms with Gasteiger partial charge in [0.15, 0.2) is 5.65 Å². The first kappa shape index (κ1) is 25.3. The summed E-state index contributed by atoms with van der Waals surface area (Å²) in [6.45, 7) is 3.62. The number of hydrogen-bond donors (Lipinski definition) is 0. The molecule has 192 valence electrons. The van der Waals surface area contributed by atoms with Crippen LogP contribution in [0.15, 0.2) is 47.5 Å². The maximum absolute atomic E-state index is 15.0. The first-order valence-corrected chi connectivity index (χ1v) is 11.9. The Bertz CT molecular complexity index is 1570. The Morgan fingerprint density at radius 1 is 1.14 bits per heavy atom. The number of aryl methyl sites for hydroxylation is 1. The van der Waals surface area contributed by atoms with Crippen LogP contribution in [-0.2, 0) is 10.9 Å². The fourth-order valence-corrected chi connectivity index (χ4v) is 4.67. The zero-order valence-corrected chi connectivity index (χ0v) is 20.6. The van der Waals surface area contributed by atoms with Crippen molar-refractivity contribution in [2.24, 2.45) is 0 Å². The Morgan fingerprint density at radius 2 is 1.92 bits per heavy atom. The Hall–Kier alpha value is -3.37. The molecule has 0 radical (unpaired) electrons.